The average Bonchev–Trinajstić information content (AvgIpc) is 2.63. The van der Waals surface area contributed by atoms with Crippen LogP contribution in [0.4, 0.5) is 5.69 Å². The Bertz CT molecular complexity index is 467. The predicted molar refractivity (Wildman–Crippen MR) is 59.3 cm³/mol. The summed E-state index contributed by atoms with van der Waals surface area (Å²) in [5, 5.41) is 9.01. The van der Waals surface area contributed by atoms with Crippen molar-refractivity contribution in [1.82, 2.24) is 4.98 Å². The summed E-state index contributed by atoms with van der Waals surface area (Å²) < 4.78 is 0. The van der Waals surface area contributed by atoms with Crippen LogP contribution in [0, 0.1) is 12.8 Å². The van der Waals surface area contributed by atoms with Gasteiger partial charge in [0.2, 0.25) is 5.91 Å². The van der Waals surface area contributed by atoms with Gasteiger partial charge in [0.25, 0.3) is 5.56 Å². The van der Waals surface area contributed by atoms with Crippen molar-refractivity contribution in [2.45, 2.75) is 13.3 Å². The number of amides is 1. The number of aliphatic hydroxyl groups excluding tert-OH is 1. The molecule has 1 aliphatic heterocycles. The Hall–Kier alpha value is -1.62. The second-order valence-corrected chi connectivity index (χ2v) is 4.15. The van der Waals surface area contributed by atoms with Crippen molar-refractivity contribution in [3.05, 3.63) is 28.2 Å². The smallest absolute Gasteiger partial charge is 0.271 e. The summed E-state index contributed by atoms with van der Waals surface area (Å²) in [6.45, 7) is 2.25. The fourth-order valence-corrected chi connectivity index (χ4v) is 1.91. The number of nitrogens with zero attached hydrogens (tertiary/aromatic N) is 1. The van der Waals surface area contributed by atoms with Gasteiger partial charge < -0.3 is 15.0 Å². The summed E-state index contributed by atoms with van der Waals surface area (Å²) in [5.41, 5.74) is 1.01. The highest BCUT2D eigenvalue weighted by Crippen LogP contribution is 2.22. The molecule has 0 saturated carbocycles. The molecule has 86 valence electrons. The Labute approximate surface area is 92.7 Å². The number of rotatable bonds is 2. The molecule has 5 heteroatoms. The number of aromatic nitrogens is 1. The SMILES string of the molecule is Cc1c[nH]c(=O)c(N2CC(CO)CC2=O)c1. The van der Waals surface area contributed by atoms with E-state index in [1.54, 1.807) is 12.3 Å². The van der Waals surface area contributed by atoms with Crippen molar-refractivity contribution >= 4 is 11.6 Å². The number of aryl methyl sites for hydroxylation is 1. The van der Waals surface area contributed by atoms with E-state index in [2.05, 4.69) is 4.98 Å². The Morgan fingerprint density at radius 3 is 2.94 bits per heavy atom. The number of carbonyl (C=O) groups excluding carboxylic acids is 1. The van der Waals surface area contributed by atoms with Gasteiger partial charge in [-0.05, 0) is 18.6 Å². The number of H-pyrrole nitrogens is 1. The third-order valence-corrected chi connectivity index (χ3v) is 2.78. The van der Waals surface area contributed by atoms with E-state index in [4.69, 9.17) is 5.11 Å². The number of nitrogens with one attached hydrogen (secondary N) is 1. The molecular formula is C11H14N2O3. The van der Waals surface area contributed by atoms with E-state index in [1.807, 2.05) is 6.92 Å². The van der Waals surface area contributed by atoms with E-state index in [1.165, 1.54) is 4.90 Å². The van der Waals surface area contributed by atoms with Gasteiger partial charge in [-0.3, -0.25) is 9.59 Å². The molecule has 2 rings (SSSR count). The second-order valence-electron chi connectivity index (χ2n) is 4.15. The van der Waals surface area contributed by atoms with Gasteiger partial charge in [0.15, 0.2) is 0 Å². The molecule has 1 amide bonds. The Morgan fingerprint density at radius 1 is 1.56 bits per heavy atom. The monoisotopic (exact) mass is 222 g/mol. The maximum atomic E-state index is 11.7. The zero-order valence-electron chi connectivity index (χ0n) is 9.06. The van der Waals surface area contributed by atoms with Crippen LogP contribution in [0.2, 0.25) is 0 Å². The quantitative estimate of drug-likeness (QED) is 0.741. The topological polar surface area (TPSA) is 73.4 Å². The van der Waals surface area contributed by atoms with Crippen molar-refractivity contribution in [2.24, 2.45) is 5.92 Å². The second kappa shape index (κ2) is 4.09. The number of aliphatic hydroxyl groups is 1. The molecule has 0 aliphatic carbocycles. The molecule has 1 saturated heterocycles. The van der Waals surface area contributed by atoms with Crippen molar-refractivity contribution in [3.8, 4) is 0 Å². The third kappa shape index (κ3) is 1.86. The fourth-order valence-electron chi connectivity index (χ4n) is 1.91. The molecule has 1 fully saturated rings. The van der Waals surface area contributed by atoms with Gasteiger partial charge in [-0.15, -0.1) is 0 Å². The summed E-state index contributed by atoms with van der Waals surface area (Å²) >= 11 is 0. The minimum atomic E-state index is -0.266. The van der Waals surface area contributed by atoms with E-state index in [0.717, 1.165) is 5.56 Å². The van der Waals surface area contributed by atoms with Crippen molar-refractivity contribution in [1.29, 1.82) is 0 Å². The minimum Gasteiger partial charge on any atom is -0.396 e. The van der Waals surface area contributed by atoms with Crippen LogP contribution in [-0.4, -0.2) is 29.1 Å². The highest BCUT2D eigenvalue weighted by atomic mass is 16.3. The maximum absolute atomic E-state index is 11.7. The minimum absolute atomic E-state index is 0.0219. The Morgan fingerprint density at radius 2 is 2.31 bits per heavy atom. The van der Waals surface area contributed by atoms with Gasteiger partial charge >= 0.3 is 0 Å². The van der Waals surface area contributed by atoms with E-state index < -0.39 is 0 Å². The summed E-state index contributed by atoms with van der Waals surface area (Å²) in [5.74, 6) is -0.164. The molecule has 2 N–H and O–H groups in total. The predicted octanol–water partition coefficient (Wildman–Crippen LogP) is 0.0285. The molecule has 0 spiro atoms. The number of anilines is 1. The van der Waals surface area contributed by atoms with Gasteiger partial charge in [-0.25, -0.2) is 0 Å². The van der Waals surface area contributed by atoms with E-state index in [0.29, 0.717) is 18.7 Å². The first kappa shape index (κ1) is 10.9. The molecule has 16 heavy (non-hydrogen) atoms. The zero-order chi connectivity index (χ0) is 11.7. The molecule has 1 unspecified atom stereocenters. The van der Waals surface area contributed by atoms with Crippen LogP contribution in [0.3, 0.4) is 0 Å². The number of carbonyl (C=O) groups is 1. The van der Waals surface area contributed by atoms with Gasteiger partial charge in [0.05, 0.1) is 0 Å². The van der Waals surface area contributed by atoms with E-state index in [-0.39, 0.29) is 24.0 Å². The molecule has 0 bridgehead atoms. The maximum Gasteiger partial charge on any atom is 0.271 e. The largest absolute Gasteiger partial charge is 0.396 e. The zero-order valence-corrected chi connectivity index (χ0v) is 9.06. The lowest BCUT2D eigenvalue weighted by molar-refractivity contribution is -0.117. The van der Waals surface area contributed by atoms with Gasteiger partial charge in [-0.1, -0.05) is 0 Å². The highest BCUT2D eigenvalue weighted by Gasteiger charge is 2.31. The molecular weight excluding hydrogens is 208 g/mol. The van der Waals surface area contributed by atoms with Gasteiger partial charge in [0.1, 0.15) is 5.69 Å². The molecule has 5 nitrogen and oxygen atoms in total. The lowest BCUT2D eigenvalue weighted by Crippen LogP contribution is -2.30. The van der Waals surface area contributed by atoms with Crippen LogP contribution in [0.1, 0.15) is 12.0 Å². The fraction of sp³-hybridized carbons (Fsp3) is 0.455. The van der Waals surface area contributed by atoms with Gasteiger partial charge in [0, 0.05) is 31.7 Å². The van der Waals surface area contributed by atoms with Crippen LogP contribution < -0.4 is 10.5 Å². The van der Waals surface area contributed by atoms with Crippen LogP contribution in [-0.2, 0) is 4.79 Å². The average molecular weight is 222 g/mol. The molecule has 0 aromatic carbocycles. The Kier molecular flexibility index (Phi) is 2.78. The number of hydrogen-bond donors (Lipinski definition) is 2. The van der Waals surface area contributed by atoms with Gasteiger partial charge in [-0.2, -0.15) is 0 Å². The number of pyridine rings is 1. The van der Waals surface area contributed by atoms with E-state index >= 15 is 0 Å². The Balaban J connectivity index is 2.34. The normalized spacial score (nSPS) is 20.5. The highest BCUT2D eigenvalue weighted by molar-refractivity contribution is 5.95. The van der Waals surface area contributed by atoms with Crippen LogP contribution in [0.25, 0.3) is 0 Å². The molecule has 1 aromatic rings. The van der Waals surface area contributed by atoms with Crippen LogP contribution in [0.15, 0.2) is 17.1 Å². The van der Waals surface area contributed by atoms with Crippen molar-refractivity contribution in [2.75, 3.05) is 18.1 Å². The van der Waals surface area contributed by atoms with E-state index in [9.17, 15) is 9.59 Å². The van der Waals surface area contributed by atoms with Crippen LogP contribution >= 0.6 is 0 Å². The first-order valence-electron chi connectivity index (χ1n) is 5.22. The first-order valence-corrected chi connectivity index (χ1v) is 5.22. The summed E-state index contributed by atoms with van der Waals surface area (Å²) in [6.07, 6.45) is 1.92. The number of aromatic amines is 1. The molecule has 1 atom stereocenters. The number of hydrogen-bond acceptors (Lipinski definition) is 3. The summed E-state index contributed by atoms with van der Waals surface area (Å²) in [7, 11) is 0. The van der Waals surface area contributed by atoms with Crippen molar-refractivity contribution in [3.63, 3.8) is 0 Å². The van der Waals surface area contributed by atoms with Crippen molar-refractivity contribution < 1.29 is 9.90 Å². The molecule has 0 radical (unpaired) electrons. The lowest BCUT2D eigenvalue weighted by Gasteiger charge is -2.15. The third-order valence-electron chi connectivity index (χ3n) is 2.78. The standard InChI is InChI=1S/C11H14N2O3/c1-7-2-9(11(16)12-4-7)13-5-8(6-14)3-10(13)15/h2,4,8,14H,3,5-6H2,1H3,(H,12,16). The summed E-state index contributed by atoms with van der Waals surface area (Å²) in [6, 6.07) is 1.69. The lowest BCUT2D eigenvalue weighted by atomic mass is 10.1. The first-order chi connectivity index (χ1) is 7.61. The molecule has 1 aromatic heterocycles. The van der Waals surface area contributed by atoms with Crippen LogP contribution in [0.5, 0.6) is 0 Å². The molecule has 1 aliphatic rings. The molecule has 2 heterocycles. The summed E-state index contributed by atoms with van der Waals surface area (Å²) in [4.78, 5) is 27.3.